The van der Waals surface area contributed by atoms with E-state index in [0.29, 0.717) is 6.40 Å². The fourth-order valence-electron chi connectivity index (χ4n) is 0.542. The molecule has 0 amide bonds. The van der Waals surface area contributed by atoms with Crippen LogP contribution in [0.2, 0.25) is 0 Å². The molecule has 0 spiro atoms. The minimum Gasteiger partial charge on any atom is -0.481 e. The van der Waals surface area contributed by atoms with E-state index in [0.717, 1.165) is 0 Å². The second-order valence-electron chi connectivity index (χ2n) is 2.09. The van der Waals surface area contributed by atoms with E-state index in [2.05, 4.69) is 4.74 Å². The lowest BCUT2D eigenvalue weighted by molar-refractivity contribution is -0.138. The number of carbonyl (C=O) groups is 2. The summed E-state index contributed by atoms with van der Waals surface area (Å²) in [5, 5.41) is 14.6. The lowest BCUT2D eigenvalue weighted by Gasteiger charge is -2.05. The molecule has 0 aliphatic carbocycles. The molecule has 0 aromatic rings. The van der Waals surface area contributed by atoms with Crippen LogP contribution in [-0.2, 0) is 14.3 Å². The van der Waals surface area contributed by atoms with Gasteiger partial charge in [-0.1, -0.05) is 0 Å². The zero-order chi connectivity index (χ0) is 9.56. The molecule has 0 rings (SSSR count). The molecule has 68 valence electrons. The van der Waals surface area contributed by atoms with Crippen molar-refractivity contribution in [3.8, 4) is 0 Å². The standard InChI is InChI=1S/C6H10N2O4/c7-3-12-6(11)4(8)1-2-5(9)10/h3-4,7H,1-2,8H2,(H,9,10)/t4-/m0/s1. The molecular formula is C6H10N2O4. The summed E-state index contributed by atoms with van der Waals surface area (Å²) in [6, 6.07) is -0.970. The molecule has 0 saturated heterocycles. The number of rotatable bonds is 5. The first-order valence-electron chi connectivity index (χ1n) is 3.24. The Bertz CT molecular complexity index is 192. The van der Waals surface area contributed by atoms with Crippen LogP contribution in [0.1, 0.15) is 12.8 Å². The van der Waals surface area contributed by atoms with Gasteiger partial charge in [-0.05, 0) is 6.42 Å². The first kappa shape index (κ1) is 10.6. The lowest BCUT2D eigenvalue weighted by Crippen LogP contribution is -2.32. The lowest BCUT2D eigenvalue weighted by atomic mass is 10.2. The molecule has 0 aliphatic rings. The molecule has 0 fully saturated rings. The van der Waals surface area contributed by atoms with Crippen LogP contribution < -0.4 is 5.73 Å². The van der Waals surface area contributed by atoms with E-state index in [9.17, 15) is 9.59 Å². The van der Waals surface area contributed by atoms with Gasteiger partial charge < -0.3 is 15.6 Å². The minimum atomic E-state index is -1.02. The molecule has 4 N–H and O–H groups in total. The molecule has 0 radical (unpaired) electrons. The number of esters is 1. The van der Waals surface area contributed by atoms with Gasteiger partial charge in [0.05, 0.1) is 0 Å². The van der Waals surface area contributed by atoms with Gasteiger partial charge in [0.1, 0.15) is 6.04 Å². The van der Waals surface area contributed by atoms with Gasteiger partial charge in [-0.15, -0.1) is 0 Å². The fraction of sp³-hybridized carbons (Fsp3) is 0.500. The van der Waals surface area contributed by atoms with Crippen molar-refractivity contribution in [2.24, 2.45) is 5.73 Å². The molecule has 0 aromatic carbocycles. The van der Waals surface area contributed by atoms with Gasteiger partial charge in [0.25, 0.3) is 0 Å². The van der Waals surface area contributed by atoms with Crippen LogP contribution in [-0.4, -0.2) is 29.5 Å². The van der Waals surface area contributed by atoms with Crippen molar-refractivity contribution in [2.75, 3.05) is 0 Å². The Morgan fingerprint density at radius 3 is 2.67 bits per heavy atom. The van der Waals surface area contributed by atoms with E-state index >= 15 is 0 Å². The van der Waals surface area contributed by atoms with Crippen LogP contribution in [0, 0.1) is 5.41 Å². The van der Waals surface area contributed by atoms with Crippen molar-refractivity contribution in [1.82, 2.24) is 0 Å². The molecule has 0 unspecified atom stereocenters. The largest absolute Gasteiger partial charge is 0.481 e. The van der Waals surface area contributed by atoms with Crippen LogP contribution in [0.4, 0.5) is 0 Å². The number of hydrogen-bond acceptors (Lipinski definition) is 5. The number of hydrogen-bond donors (Lipinski definition) is 3. The summed E-state index contributed by atoms with van der Waals surface area (Å²) >= 11 is 0. The molecule has 12 heavy (non-hydrogen) atoms. The van der Waals surface area contributed by atoms with Crippen molar-refractivity contribution in [3.05, 3.63) is 0 Å². The van der Waals surface area contributed by atoms with Crippen molar-refractivity contribution in [3.63, 3.8) is 0 Å². The van der Waals surface area contributed by atoms with Gasteiger partial charge in [-0.3, -0.25) is 10.2 Å². The Kier molecular flexibility index (Phi) is 4.62. The summed E-state index contributed by atoms with van der Waals surface area (Å²) in [4.78, 5) is 20.7. The van der Waals surface area contributed by atoms with E-state index < -0.39 is 18.0 Å². The van der Waals surface area contributed by atoms with Gasteiger partial charge >= 0.3 is 11.9 Å². The van der Waals surface area contributed by atoms with E-state index in [-0.39, 0.29) is 12.8 Å². The van der Waals surface area contributed by atoms with Gasteiger partial charge in [-0.25, -0.2) is 4.79 Å². The predicted molar refractivity (Wildman–Crippen MR) is 39.7 cm³/mol. The van der Waals surface area contributed by atoms with E-state index in [1.165, 1.54) is 0 Å². The number of nitrogens with two attached hydrogens (primary N) is 1. The van der Waals surface area contributed by atoms with Gasteiger partial charge in [0.2, 0.25) is 0 Å². The van der Waals surface area contributed by atoms with Crippen LogP contribution in [0.3, 0.4) is 0 Å². The summed E-state index contributed by atoms with van der Waals surface area (Å²) in [7, 11) is 0. The quantitative estimate of drug-likeness (QED) is 0.290. The third-order valence-corrected chi connectivity index (χ3v) is 1.15. The second-order valence-corrected chi connectivity index (χ2v) is 2.09. The number of carboxylic acid groups (broad SMARTS) is 1. The minimum absolute atomic E-state index is 0.0159. The monoisotopic (exact) mass is 174 g/mol. The molecule has 0 aromatic heterocycles. The maximum atomic E-state index is 10.7. The summed E-state index contributed by atoms with van der Waals surface area (Å²) in [5.74, 6) is -1.81. The third kappa shape index (κ3) is 4.40. The topological polar surface area (TPSA) is 113 Å². The van der Waals surface area contributed by atoms with Crippen molar-refractivity contribution in [2.45, 2.75) is 18.9 Å². The zero-order valence-corrected chi connectivity index (χ0v) is 6.32. The molecule has 0 bridgehead atoms. The average Bonchev–Trinajstić information content (AvgIpc) is 2.00. The SMILES string of the molecule is N=COC(=O)[C@@H](N)CCC(=O)O. The highest BCUT2D eigenvalue weighted by Crippen LogP contribution is 1.95. The first-order valence-corrected chi connectivity index (χ1v) is 3.24. The van der Waals surface area contributed by atoms with Crippen molar-refractivity contribution < 1.29 is 19.4 Å². The van der Waals surface area contributed by atoms with Gasteiger partial charge in [0, 0.05) is 6.42 Å². The van der Waals surface area contributed by atoms with E-state index in [1.54, 1.807) is 0 Å². The number of carboxylic acids is 1. The highest BCUT2D eigenvalue weighted by molar-refractivity contribution is 5.82. The molecule has 6 heteroatoms. The fourth-order valence-corrected chi connectivity index (χ4v) is 0.542. The molecule has 0 heterocycles. The maximum absolute atomic E-state index is 10.7. The molecule has 6 nitrogen and oxygen atoms in total. The summed E-state index contributed by atoms with van der Waals surface area (Å²) in [6.45, 7) is 0. The molecular weight excluding hydrogens is 164 g/mol. The number of nitrogens with one attached hydrogen (secondary N) is 1. The normalized spacial score (nSPS) is 11.8. The van der Waals surface area contributed by atoms with E-state index in [4.69, 9.17) is 16.2 Å². The third-order valence-electron chi connectivity index (χ3n) is 1.15. The first-order chi connectivity index (χ1) is 5.57. The van der Waals surface area contributed by atoms with Crippen LogP contribution in [0.15, 0.2) is 0 Å². The Hall–Kier alpha value is -1.43. The van der Waals surface area contributed by atoms with Crippen molar-refractivity contribution >= 4 is 18.3 Å². The smallest absolute Gasteiger partial charge is 0.329 e. The van der Waals surface area contributed by atoms with Crippen LogP contribution in [0.5, 0.6) is 0 Å². The van der Waals surface area contributed by atoms with Crippen LogP contribution >= 0.6 is 0 Å². The highest BCUT2D eigenvalue weighted by atomic mass is 16.5. The summed E-state index contributed by atoms with van der Waals surface area (Å²) in [5.41, 5.74) is 5.21. The zero-order valence-electron chi connectivity index (χ0n) is 6.32. The average molecular weight is 174 g/mol. The molecule has 0 aliphatic heterocycles. The van der Waals surface area contributed by atoms with Crippen molar-refractivity contribution in [1.29, 1.82) is 5.41 Å². The number of carbonyl (C=O) groups excluding carboxylic acids is 1. The Balaban J connectivity index is 3.70. The van der Waals surface area contributed by atoms with Gasteiger partial charge in [-0.2, -0.15) is 0 Å². The highest BCUT2D eigenvalue weighted by Gasteiger charge is 2.15. The second kappa shape index (κ2) is 5.25. The molecule has 1 atom stereocenters. The maximum Gasteiger partial charge on any atom is 0.329 e. The summed E-state index contributed by atoms with van der Waals surface area (Å²) in [6.07, 6.45) is 0.291. The number of ether oxygens (including phenoxy) is 1. The van der Waals surface area contributed by atoms with Gasteiger partial charge in [0.15, 0.2) is 6.40 Å². The Labute approximate surface area is 68.8 Å². The Morgan fingerprint density at radius 2 is 2.25 bits per heavy atom. The number of aliphatic carboxylic acids is 1. The molecule has 0 saturated carbocycles. The Morgan fingerprint density at radius 1 is 1.67 bits per heavy atom. The summed E-state index contributed by atoms with van der Waals surface area (Å²) < 4.78 is 4.12. The van der Waals surface area contributed by atoms with E-state index in [1.807, 2.05) is 0 Å². The van der Waals surface area contributed by atoms with Crippen LogP contribution in [0.25, 0.3) is 0 Å². The predicted octanol–water partition coefficient (Wildman–Crippen LogP) is -0.671.